The second kappa shape index (κ2) is 8.11. The molecule has 0 aliphatic carbocycles. The van der Waals surface area contributed by atoms with E-state index < -0.39 is 0 Å². The molecule has 0 aromatic carbocycles. The van der Waals surface area contributed by atoms with Crippen LogP contribution in [0, 0.1) is 0 Å². The third-order valence-electron chi connectivity index (χ3n) is 4.46. The van der Waals surface area contributed by atoms with Crippen molar-refractivity contribution in [2.24, 2.45) is 0 Å². The minimum absolute atomic E-state index is 0.0119. The van der Waals surface area contributed by atoms with Crippen molar-refractivity contribution in [2.45, 2.75) is 58.4 Å². The first-order valence-electron chi connectivity index (χ1n) is 8.51. The number of nitrogens with zero attached hydrogens (tertiary/aromatic N) is 4. The predicted molar refractivity (Wildman–Crippen MR) is 89.2 cm³/mol. The maximum atomic E-state index is 12.5. The maximum absolute atomic E-state index is 12.5. The van der Waals surface area contributed by atoms with E-state index in [-0.39, 0.29) is 5.91 Å². The maximum Gasteiger partial charge on any atom is 0.272 e. The van der Waals surface area contributed by atoms with Gasteiger partial charge in [-0.15, -0.1) is 0 Å². The Morgan fingerprint density at radius 2 is 2.18 bits per heavy atom. The monoisotopic (exact) mass is 304 g/mol. The number of aromatic nitrogens is 2. The molecule has 5 nitrogen and oxygen atoms in total. The molecule has 0 N–H and O–H groups in total. The number of anilines is 1. The zero-order valence-corrected chi connectivity index (χ0v) is 14.1. The highest BCUT2D eigenvalue weighted by Gasteiger charge is 2.23. The van der Waals surface area contributed by atoms with Gasteiger partial charge in [0.1, 0.15) is 17.8 Å². The van der Waals surface area contributed by atoms with Gasteiger partial charge in [0.15, 0.2) is 0 Å². The number of amides is 1. The Hall–Kier alpha value is -1.65. The average Bonchev–Trinajstić information content (AvgIpc) is 2.59. The molecule has 5 heteroatoms. The summed E-state index contributed by atoms with van der Waals surface area (Å²) in [6.07, 6.45) is 8.43. The van der Waals surface area contributed by atoms with E-state index in [0.717, 1.165) is 38.2 Å². The van der Waals surface area contributed by atoms with Crippen LogP contribution in [-0.4, -0.2) is 47.0 Å². The Kier molecular flexibility index (Phi) is 6.16. The number of unbranched alkanes of at least 4 members (excludes halogenated alkanes) is 1. The molecule has 1 fully saturated rings. The third-order valence-corrected chi connectivity index (χ3v) is 4.46. The van der Waals surface area contributed by atoms with Crippen LogP contribution in [0.5, 0.6) is 0 Å². The Bertz CT molecular complexity index is 491. The van der Waals surface area contributed by atoms with Crippen LogP contribution < -0.4 is 4.90 Å². The molecule has 1 atom stereocenters. The lowest BCUT2D eigenvalue weighted by Gasteiger charge is -2.36. The van der Waals surface area contributed by atoms with Crippen LogP contribution in [0.3, 0.4) is 0 Å². The van der Waals surface area contributed by atoms with Gasteiger partial charge in [0, 0.05) is 32.2 Å². The summed E-state index contributed by atoms with van der Waals surface area (Å²) in [6.45, 7) is 6.14. The quantitative estimate of drug-likeness (QED) is 0.810. The zero-order chi connectivity index (χ0) is 15.9. The fourth-order valence-electron chi connectivity index (χ4n) is 3.04. The highest BCUT2D eigenvalue weighted by Crippen LogP contribution is 2.25. The summed E-state index contributed by atoms with van der Waals surface area (Å²) in [4.78, 5) is 25.1. The first-order chi connectivity index (χ1) is 10.7. The van der Waals surface area contributed by atoms with Gasteiger partial charge in [-0.05, 0) is 32.1 Å². The molecule has 122 valence electrons. The summed E-state index contributed by atoms with van der Waals surface area (Å²) in [5, 5.41) is 0. The SMILES string of the molecule is CCCCN(C)C(=O)c1cc(N2CCCCC2CC)ncn1. The van der Waals surface area contributed by atoms with E-state index in [1.54, 1.807) is 4.90 Å². The molecule has 1 aromatic rings. The third kappa shape index (κ3) is 3.96. The lowest BCUT2D eigenvalue weighted by molar-refractivity contribution is 0.0787. The van der Waals surface area contributed by atoms with Gasteiger partial charge >= 0.3 is 0 Å². The van der Waals surface area contributed by atoms with Crippen LogP contribution in [0.1, 0.15) is 62.9 Å². The predicted octanol–water partition coefficient (Wildman–Crippen LogP) is 3.12. The van der Waals surface area contributed by atoms with Gasteiger partial charge in [0.25, 0.3) is 5.91 Å². The number of hydrogen-bond donors (Lipinski definition) is 0. The molecule has 2 rings (SSSR count). The average molecular weight is 304 g/mol. The number of carbonyl (C=O) groups excluding carboxylic acids is 1. The standard InChI is InChI=1S/C17H28N4O/c1-4-6-10-20(3)17(22)15-12-16(19-13-18-15)21-11-8-7-9-14(21)5-2/h12-14H,4-11H2,1-3H3. The molecule has 1 aliphatic rings. The molecule has 1 aromatic heterocycles. The molecule has 2 heterocycles. The molecule has 1 unspecified atom stereocenters. The molecule has 1 aliphatic heterocycles. The fraction of sp³-hybridized carbons (Fsp3) is 0.706. The first-order valence-corrected chi connectivity index (χ1v) is 8.51. The molecular weight excluding hydrogens is 276 g/mol. The molecule has 1 amide bonds. The van der Waals surface area contributed by atoms with Crippen LogP contribution in [0.25, 0.3) is 0 Å². The van der Waals surface area contributed by atoms with Gasteiger partial charge in [-0.1, -0.05) is 20.3 Å². The van der Waals surface area contributed by atoms with Crippen molar-refractivity contribution >= 4 is 11.7 Å². The highest BCUT2D eigenvalue weighted by molar-refractivity contribution is 5.92. The topological polar surface area (TPSA) is 49.3 Å². The summed E-state index contributed by atoms with van der Waals surface area (Å²) in [5.74, 6) is 0.885. The van der Waals surface area contributed by atoms with Crippen molar-refractivity contribution in [3.05, 3.63) is 18.1 Å². The summed E-state index contributed by atoms with van der Waals surface area (Å²) >= 11 is 0. The van der Waals surface area contributed by atoms with Crippen molar-refractivity contribution in [1.82, 2.24) is 14.9 Å². The van der Waals surface area contributed by atoms with E-state index in [9.17, 15) is 4.79 Å². The number of carbonyl (C=O) groups is 1. The summed E-state index contributed by atoms with van der Waals surface area (Å²) in [6, 6.07) is 2.39. The molecule has 0 saturated carbocycles. The summed E-state index contributed by atoms with van der Waals surface area (Å²) in [5.41, 5.74) is 0.504. The summed E-state index contributed by atoms with van der Waals surface area (Å²) < 4.78 is 0. The van der Waals surface area contributed by atoms with E-state index in [4.69, 9.17) is 0 Å². The lowest BCUT2D eigenvalue weighted by Crippen LogP contribution is -2.40. The van der Waals surface area contributed by atoms with Gasteiger partial charge in [0.2, 0.25) is 0 Å². The normalized spacial score (nSPS) is 18.3. The van der Waals surface area contributed by atoms with Crippen LogP contribution in [0.2, 0.25) is 0 Å². The smallest absolute Gasteiger partial charge is 0.272 e. The van der Waals surface area contributed by atoms with Crippen LogP contribution in [0.4, 0.5) is 5.82 Å². The Morgan fingerprint density at radius 1 is 1.36 bits per heavy atom. The minimum atomic E-state index is -0.0119. The van der Waals surface area contributed by atoms with Crippen molar-refractivity contribution in [2.75, 3.05) is 25.0 Å². The van der Waals surface area contributed by atoms with Crippen LogP contribution in [-0.2, 0) is 0 Å². The van der Waals surface area contributed by atoms with Gasteiger partial charge in [0.05, 0.1) is 0 Å². The van der Waals surface area contributed by atoms with Gasteiger partial charge in [-0.2, -0.15) is 0 Å². The second-order valence-electron chi connectivity index (χ2n) is 6.09. The molecule has 1 saturated heterocycles. The largest absolute Gasteiger partial charge is 0.354 e. The van der Waals surface area contributed by atoms with Crippen molar-refractivity contribution in [1.29, 1.82) is 0 Å². The summed E-state index contributed by atoms with van der Waals surface area (Å²) in [7, 11) is 1.84. The number of hydrogen-bond acceptors (Lipinski definition) is 4. The lowest BCUT2D eigenvalue weighted by atomic mass is 10.00. The zero-order valence-electron chi connectivity index (χ0n) is 14.1. The molecule has 0 bridgehead atoms. The van der Waals surface area contributed by atoms with E-state index in [1.165, 1.54) is 25.6 Å². The molecule has 22 heavy (non-hydrogen) atoms. The van der Waals surface area contributed by atoms with Crippen molar-refractivity contribution < 1.29 is 4.79 Å². The second-order valence-corrected chi connectivity index (χ2v) is 6.09. The Labute approximate surface area is 133 Å². The molecular formula is C17H28N4O. The minimum Gasteiger partial charge on any atom is -0.354 e. The van der Waals surface area contributed by atoms with Crippen LogP contribution >= 0.6 is 0 Å². The Balaban J connectivity index is 2.13. The number of piperidine rings is 1. The van der Waals surface area contributed by atoms with E-state index in [2.05, 4.69) is 28.7 Å². The van der Waals surface area contributed by atoms with E-state index >= 15 is 0 Å². The highest BCUT2D eigenvalue weighted by atomic mass is 16.2. The van der Waals surface area contributed by atoms with Crippen molar-refractivity contribution in [3.8, 4) is 0 Å². The fourth-order valence-corrected chi connectivity index (χ4v) is 3.04. The molecule has 0 spiro atoms. The van der Waals surface area contributed by atoms with Gasteiger partial charge in [-0.25, -0.2) is 9.97 Å². The Morgan fingerprint density at radius 3 is 2.91 bits per heavy atom. The van der Waals surface area contributed by atoms with E-state index in [1.807, 2.05) is 13.1 Å². The first kappa shape index (κ1) is 16.7. The number of rotatable bonds is 6. The van der Waals surface area contributed by atoms with Gasteiger partial charge < -0.3 is 9.80 Å². The van der Waals surface area contributed by atoms with Gasteiger partial charge in [-0.3, -0.25) is 4.79 Å². The van der Waals surface area contributed by atoms with E-state index in [0.29, 0.717) is 11.7 Å². The van der Waals surface area contributed by atoms with Crippen molar-refractivity contribution in [3.63, 3.8) is 0 Å². The molecule has 0 radical (unpaired) electrons. The van der Waals surface area contributed by atoms with Crippen LogP contribution in [0.15, 0.2) is 12.4 Å².